The smallest absolute Gasteiger partial charge is 0.245 e. The molecule has 1 aliphatic heterocycles. The number of benzene rings is 2. The average Bonchev–Trinajstić information content (AvgIpc) is 2.81. The van der Waals surface area contributed by atoms with Crippen LogP contribution in [0.3, 0.4) is 0 Å². The topological polar surface area (TPSA) is 62.6 Å². The molecule has 178 valence electrons. The maximum absolute atomic E-state index is 12.7. The SMILES string of the molecule is CN(C)c1ccccc1N1CCCN(C(NC(=O)/C=C/c2ccc(C#N)cc2)C(Cl)(Cl)Cl)C1=S. The minimum atomic E-state index is -1.83. The summed E-state index contributed by atoms with van der Waals surface area (Å²) in [6, 6.07) is 16.8. The first-order valence-corrected chi connectivity index (χ1v) is 12.1. The lowest BCUT2D eigenvalue weighted by atomic mass is 10.1. The zero-order valence-corrected chi connectivity index (χ0v) is 21.8. The molecule has 1 aliphatic rings. The molecular formula is C24H24Cl3N5OS. The van der Waals surface area contributed by atoms with Gasteiger partial charge in [-0.05, 0) is 54.5 Å². The van der Waals surface area contributed by atoms with E-state index in [9.17, 15) is 4.79 Å². The van der Waals surface area contributed by atoms with Gasteiger partial charge in [0.25, 0.3) is 0 Å². The molecule has 10 heteroatoms. The van der Waals surface area contributed by atoms with Crippen molar-refractivity contribution < 1.29 is 4.79 Å². The van der Waals surface area contributed by atoms with E-state index in [4.69, 9.17) is 52.3 Å². The van der Waals surface area contributed by atoms with Crippen LogP contribution in [0.15, 0.2) is 54.6 Å². The lowest BCUT2D eigenvalue weighted by Crippen LogP contribution is -2.62. The van der Waals surface area contributed by atoms with Crippen LogP contribution in [-0.4, -0.2) is 53.1 Å². The van der Waals surface area contributed by atoms with E-state index in [1.54, 1.807) is 35.2 Å². The van der Waals surface area contributed by atoms with Gasteiger partial charge in [-0.3, -0.25) is 4.79 Å². The second-order valence-corrected chi connectivity index (χ2v) is 10.6. The van der Waals surface area contributed by atoms with Crippen LogP contribution in [0.25, 0.3) is 6.08 Å². The molecule has 0 aliphatic carbocycles. The molecule has 1 atom stereocenters. The molecule has 0 saturated carbocycles. The molecule has 0 aromatic heterocycles. The predicted molar refractivity (Wildman–Crippen MR) is 144 cm³/mol. The Kier molecular flexibility index (Phi) is 8.67. The number of nitrogens with one attached hydrogen (secondary N) is 1. The Morgan fingerprint density at radius 1 is 1.18 bits per heavy atom. The fourth-order valence-electron chi connectivity index (χ4n) is 3.64. The Bertz CT molecular complexity index is 1110. The van der Waals surface area contributed by atoms with Gasteiger partial charge in [0.1, 0.15) is 0 Å². The number of anilines is 2. The number of rotatable bonds is 6. The van der Waals surface area contributed by atoms with Gasteiger partial charge >= 0.3 is 0 Å². The highest BCUT2D eigenvalue weighted by atomic mass is 35.6. The largest absolute Gasteiger partial charge is 0.376 e. The van der Waals surface area contributed by atoms with Crippen molar-refractivity contribution in [1.29, 1.82) is 5.26 Å². The zero-order chi connectivity index (χ0) is 24.9. The van der Waals surface area contributed by atoms with E-state index in [-0.39, 0.29) is 0 Å². The molecule has 1 amide bonds. The third-order valence-corrected chi connectivity index (χ3v) is 6.35. The Morgan fingerprint density at radius 3 is 2.47 bits per heavy atom. The molecule has 1 fully saturated rings. The normalized spacial score (nSPS) is 15.2. The molecule has 34 heavy (non-hydrogen) atoms. The lowest BCUT2D eigenvalue weighted by Gasteiger charge is -2.45. The number of para-hydroxylation sites is 2. The molecule has 0 spiro atoms. The fourth-order valence-corrected chi connectivity index (χ4v) is 4.54. The van der Waals surface area contributed by atoms with Gasteiger partial charge < -0.3 is 20.0 Å². The maximum Gasteiger partial charge on any atom is 0.245 e. The van der Waals surface area contributed by atoms with Gasteiger partial charge in [0, 0.05) is 33.3 Å². The highest BCUT2D eigenvalue weighted by molar-refractivity contribution is 7.80. The van der Waals surface area contributed by atoms with E-state index in [0.29, 0.717) is 23.8 Å². The number of hydrogen-bond donors (Lipinski definition) is 1. The van der Waals surface area contributed by atoms with E-state index < -0.39 is 15.9 Å². The minimum absolute atomic E-state index is 0.436. The Labute approximate surface area is 220 Å². The number of halogens is 3. The summed E-state index contributed by atoms with van der Waals surface area (Å²) in [6.45, 7) is 1.23. The van der Waals surface area contributed by atoms with Crippen molar-refractivity contribution in [3.8, 4) is 6.07 Å². The molecule has 0 radical (unpaired) electrons. The van der Waals surface area contributed by atoms with Crippen molar-refractivity contribution in [1.82, 2.24) is 10.2 Å². The summed E-state index contributed by atoms with van der Waals surface area (Å²) < 4.78 is -1.83. The highest BCUT2D eigenvalue weighted by Gasteiger charge is 2.42. The fraction of sp³-hybridized carbons (Fsp3) is 0.292. The van der Waals surface area contributed by atoms with Crippen LogP contribution in [0.4, 0.5) is 11.4 Å². The molecule has 3 rings (SSSR count). The summed E-state index contributed by atoms with van der Waals surface area (Å²) in [6.07, 6.45) is 2.77. The molecule has 1 saturated heterocycles. The molecule has 0 bridgehead atoms. The molecule has 2 aromatic rings. The highest BCUT2D eigenvalue weighted by Crippen LogP contribution is 2.36. The van der Waals surface area contributed by atoms with E-state index in [2.05, 4.69) is 11.4 Å². The van der Waals surface area contributed by atoms with Crippen molar-refractivity contribution in [2.75, 3.05) is 37.0 Å². The van der Waals surface area contributed by atoms with Gasteiger partial charge in [0.05, 0.1) is 23.0 Å². The number of nitriles is 1. The summed E-state index contributed by atoms with van der Waals surface area (Å²) in [4.78, 5) is 18.5. The molecule has 2 aromatic carbocycles. The molecule has 1 heterocycles. The third kappa shape index (κ3) is 6.34. The van der Waals surface area contributed by atoms with Crippen LogP contribution in [0.5, 0.6) is 0 Å². The zero-order valence-electron chi connectivity index (χ0n) is 18.7. The Morgan fingerprint density at radius 2 is 1.85 bits per heavy atom. The number of carbonyl (C=O) groups excluding carboxylic acids is 1. The van der Waals surface area contributed by atoms with Gasteiger partial charge in [-0.25, -0.2) is 0 Å². The monoisotopic (exact) mass is 535 g/mol. The summed E-state index contributed by atoms with van der Waals surface area (Å²) >= 11 is 24.7. The number of amides is 1. The number of carbonyl (C=O) groups is 1. The number of hydrogen-bond acceptors (Lipinski definition) is 4. The summed E-state index contributed by atoms with van der Waals surface area (Å²) in [5, 5.41) is 12.2. The van der Waals surface area contributed by atoms with Crippen LogP contribution in [-0.2, 0) is 4.79 Å². The van der Waals surface area contributed by atoms with Crippen molar-refractivity contribution in [2.24, 2.45) is 0 Å². The van der Waals surface area contributed by atoms with Crippen LogP contribution >= 0.6 is 47.0 Å². The van der Waals surface area contributed by atoms with E-state index >= 15 is 0 Å². The first-order valence-electron chi connectivity index (χ1n) is 10.5. The van der Waals surface area contributed by atoms with Crippen LogP contribution < -0.4 is 15.1 Å². The molecule has 6 nitrogen and oxygen atoms in total. The Hall–Kier alpha value is -2.50. The van der Waals surface area contributed by atoms with Gasteiger partial charge in [-0.15, -0.1) is 0 Å². The Balaban J connectivity index is 1.80. The predicted octanol–water partition coefficient (Wildman–Crippen LogP) is 4.95. The van der Waals surface area contributed by atoms with E-state index in [1.807, 2.05) is 48.2 Å². The molecule has 1 unspecified atom stereocenters. The third-order valence-electron chi connectivity index (χ3n) is 5.28. The van der Waals surface area contributed by atoms with Crippen molar-refractivity contribution in [3.63, 3.8) is 0 Å². The van der Waals surface area contributed by atoms with E-state index in [0.717, 1.165) is 23.4 Å². The van der Waals surface area contributed by atoms with E-state index in [1.165, 1.54) is 6.08 Å². The molecular weight excluding hydrogens is 513 g/mol. The standard InChI is InChI=1S/C24H24Cl3N5OS/c1-30(2)19-6-3-4-7-20(19)31-14-5-15-32(23(31)34)22(24(25,26)27)29-21(33)13-12-17-8-10-18(16-28)11-9-17/h3-4,6-13,22H,5,14-15H2,1-2H3,(H,29,33)/b13-12+. The van der Waals surface area contributed by atoms with Gasteiger partial charge in [0.2, 0.25) is 9.70 Å². The first kappa shape index (κ1) is 26.1. The summed E-state index contributed by atoms with van der Waals surface area (Å²) in [7, 11) is 3.93. The lowest BCUT2D eigenvalue weighted by molar-refractivity contribution is -0.117. The van der Waals surface area contributed by atoms with Crippen molar-refractivity contribution in [3.05, 3.63) is 65.7 Å². The molecule has 1 N–H and O–H groups in total. The summed E-state index contributed by atoms with van der Waals surface area (Å²) in [5.74, 6) is -0.436. The average molecular weight is 537 g/mol. The number of thiocarbonyl (C=S) groups is 1. The van der Waals surface area contributed by atoms with Gasteiger partial charge in [-0.2, -0.15) is 5.26 Å². The van der Waals surface area contributed by atoms with Crippen LogP contribution in [0.2, 0.25) is 0 Å². The minimum Gasteiger partial charge on any atom is -0.376 e. The quantitative estimate of drug-likeness (QED) is 0.320. The van der Waals surface area contributed by atoms with Crippen LogP contribution in [0.1, 0.15) is 17.5 Å². The number of alkyl halides is 3. The first-order chi connectivity index (χ1) is 16.1. The van der Waals surface area contributed by atoms with Gasteiger partial charge in [-0.1, -0.05) is 59.1 Å². The second kappa shape index (κ2) is 11.3. The summed E-state index contributed by atoms with van der Waals surface area (Å²) in [5.41, 5.74) is 3.25. The van der Waals surface area contributed by atoms with Crippen molar-refractivity contribution in [2.45, 2.75) is 16.4 Å². The van der Waals surface area contributed by atoms with Gasteiger partial charge in [0.15, 0.2) is 11.3 Å². The van der Waals surface area contributed by atoms with Crippen molar-refractivity contribution >= 4 is 75.5 Å². The maximum atomic E-state index is 12.7. The number of nitrogens with zero attached hydrogens (tertiary/aromatic N) is 4. The van der Waals surface area contributed by atoms with Crippen LogP contribution in [0, 0.1) is 11.3 Å². The second-order valence-electron chi connectivity index (χ2n) is 7.88.